The first-order valence-electron chi connectivity index (χ1n) is 10.4. The molecule has 0 atom stereocenters. The molecule has 1 aromatic rings. The molecule has 1 aliphatic heterocycles. The molecule has 0 bridgehead atoms. The van der Waals surface area contributed by atoms with E-state index in [-0.39, 0.29) is 12.5 Å². The summed E-state index contributed by atoms with van der Waals surface area (Å²) < 4.78 is 0. The third-order valence-electron chi connectivity index (χ3n) is 4.97. The number of nitrogens with zero attached hydrogens (tertiary/aromatic N) is 4. The van der Waals surface area contributed by atoms with Crippen molar-refractivity contribution in [3.8, 4) is 0 Å². The molecular weight excluding hydrogens is 350 g/mol. The van der Waals surface area contributed by atoms with Crippen LogP contribution in [0.15, 0.2) is 29.3 Å². The second-order valence-corrected chi connectivity index (χ2v) is 8.27. The summed E-state index contributed by atoms with van der Waals surface area (Å²) in [6.45, 7) is 8.38. The Hall–Kier alpha value is -2.24. The number of nitrogens with one attached hydrogen (secondary N) is 1. The Morgan fingerprint density at radius 1 is 1.11 bits per heavy atom. The van der Waals surface area contributed by atoms with Crippen LogP contribution in [0.5, 0.6) is 0 Å². The van der Waals surface area contributed by atoms with Gasteiger partial charge in [0.15, 0.2) is 5.96 Å². The van der Waals surface area contributed by atoms with Gasteiger partial charge >= 0.3 is 0 Å². The predicted molar refractivity (Wildman–Crippen MR) is 118 cm³/mol. The number of hydrogen-bond donors (Lipinski definition) is 1. The molecule has 1 aliphatic rings. The lowest BCUT2D eigenvalue weighted by Gasteiger charge is -2.29. The van der Waals surface area contributed by atoms with Gasteiger partial charge in [0.25, 0.3) is 0 Å². The molecule has 0 saturated carbocycles. The van der Waals surface area contributed by atoms with Gasteiger partial charge in [-0.05, 0) is 42.9 Å². The fourth-order valence-electron chi connectivity index (χ4n) is 3.20. The van der Waals surface area contributed by atoms with Crippen molar-refractivity contribution in [1.29, 1.82) is 0 Å². The first kappa shape index (κ1) is 22.1. The molecule has 0 unspecified atom stereocenters. The van der Waals surface area contributed by atoms with Gasteiger partial charge in [0.05, 0.1) is 0 Å². The molecule has 0 spiro atoms. The van der Waals surface area contributed by atoms with Gasteiger partial charge in [-0.2, -0.15) is 0 Å². The van der Waals surface area contributed by atoms with Crippen molar-refractivity contribution >= 4 is 17.6 Å². The van der Waals surface area contributed by atoms with Crippen LogP contribution >= 0.6 is 0 Å². The van der Waals surface area contributed by atoms with E-state index >= 15 is 0 Å². The number of aliphatic imine (C=N–C) groups is 1. The Labute approximate surface area is 170 Å². The Morgan fingerprint density at radius 3 is 2.32 bits per heavy atom. The molecule has 1 heterocycles. The topological polar surface area (TPSA) is 51.2 Å². The monoisotopic (exact) mass is 387 g/mol. The van der Waals surface area contributed by atoms with Gasteiger partial charge in [-0.25, -0.2) is 4.99 Å². The predicted octanol–water partition coefficient (Wildman–Crippen LogP) is 2.80. The van der Waals surface area contributed by atoms with E-state index < -0.39 is 0 Å². The summed E-state index contributed by atoms with van der Waals surface area (Å²) in [7, 11) is 5.53. The Bertz CT molecular complexity index is 633. The van der Waals surface area contributed by atoms with Crippen LogP contribution in [0.4, 0.5) is 5.69 Å². The normalized spacial score (nSPS) is 14.9. The van der Waals surface area contributed by atoms with Gasteiger partial charge in [0.2, 0.25) is 5.91 Å². The highest BCUT2D eigenvalue weighted by Crippen LogP contribution is 2.20. The van der Waals surface area contributed by atoms with Gasteiger partial charge in [-0.1, -0.05) is 26.0 Å². The molecule has 1 saturated heterocycles. The minimum absolute atomic E-state index is 0.00290. The number of amides is 1. The van der Waals surface area contributed by atoms with Crippen molar-refractivity contribution in [3.63, 3.8) is 0 Å². The molecule has 0 aromatic heterocycles. The van der Waals surface area contributed by atoms with Crippen LogP contribution < -0.4 is 10.2 Å². The van der Waals surface area contributed by atoms with Crippen LogP contribution in [0, 0.1) is 5.92 Å². The largest absolute Gasteiger partial charge is 0.372 e. The number of carbonyl (C=O) groups is 1. The van der Waals surface area contributed by atoms with E-state index in [0.29, 0.717) is 5.92 Å². The van der Waals surface area contributed by atoms with E-state index in [2.05, 4.69) is 58.2 Å². The summed E-state index contributed by atoms with van der Waals surface area (Å²) >= 11 is 0. The number of rotatable bonds is 7. The SMILES string of the molecule is CC(C)CNC(=NCC(=O)N(C)C)N(C)Cc1ccc(N2CCCCC2)cc1. The lowest BCUT2D eigenvalue weighted by Crippen LogP contribution is -2.41. The van der Waals surface area contributed by atoms with Gasteiger partial charge in [-0.15, -0.1) is 0 Å². The molecule has 1 fully saturated rings. The minimum Gasteiger partial charge on any atom is -0.372 e. The summed E-state index contributed by atoms with van der Waals surface area (Å²) in [6.07, 6.45) is 3.93. The number of benzene rings is 1. The third-order valence-corrected chi connectivity index (χ3v) is 4.97. The molecule has 1 aromatic carbocycles. The van der Waals surface area contributed by atoms with Gasteiger partial charge in [-0.3, -0.25) is 4.79 Å². The maximum atomic E-state index is 11.9. The first-order valence-corrected chi connectivity index (χ1v) is 10.4. The fraction of sp³-hybridized carbons (Fsp3) is 0.636. The zero-order valence-corrected chi connectivity index (χ0v) is 18.2. The van der Waals surface area contributed by atoms with E-state index in [9.17, 15) is 4.79 Å². The van der Waals surface area contributed by atoms with E-state index in [0.717, 1.165) is 32.1 Å². The highest BCUT2D eigenvalue weighted by molar-refractivity contribution is 5.84. The molecule has 2 rings (SSSR count). The van der Waals surface area contributed by atoms with Crippen LogP contribution in [0.2, 0.25) is 0 Å². The molecule has 28 heavy (non-hydrogen) atoms. The van der Waals surface area contributed by atoms with E-state index in [1.807, 2.05) is 7.05 Å². The number of likely N-dealkylation sites (N-methyl/N-ethyl adjacent to an activating group) is 1. The summed E-state index contributed by atoms with van der Waals surface area (Å²) in [5.74, 6) is 1.28. The molecular formula is C22H37N5O. The maximum Gasteiger partial charge on any atom is 0.243 e. The second kappa shape index (κ2) is 10.9. The van der Waals surface area contributed by atoms with Crippen molar-refractivity contribution in [1.82, 2.24) is 15.1 Å². The Kier molecular flexibility index (Phi) is 8.61. The molecule has 6 heteroatoms. The lowest BCUT2D eigenvalue weighted by atomic mass is 10.1. The molecule has 0 radical (unpaired) electrons. The van der Waals surface area contributed by atoms with Crippen molar-refractivity contribution in [2.75, 3.05) is 52.2 Å². The summed E-state index contributed by atoms with van der Waals surface area (Å²) in [6, 6.07) is 8.85. The molecule has 156 valence electrons. The second-order valence-electron chi connectivity index (χ2n) is 8.27. The van der Waals surface area contributed by atoms with E-state index in [1.165, 1.54) is 30.5 Å². The molecule has 6 nitrogen and oxygen atoms in total. The summed E-state index contributed by atoms with van der Waals surface area (Å²) in [4.78, 5) is 22.6. The molecule has 0 aliphatic carbocycles. The van der Waals surface area contributed by atoms with Gasteiger partial charge < -0.3 is 20.0 Å². The zero-order chi connectivity index (χ0) is 20.5. The number of carbonyl (C=O) groups excluding carboxylic acids is 1. The Balaban J connectivity index is 2.01. The van der Waals surface area contributed by atoms with Crippen LogP contribution in [-0.2, 0) is 11.3 Å². The van der Waals surface area contributed by atoms with E-state index in [4.69, 9.17) is 0 Å². The number of anilines is 1. The molecule has 1 amide bonds. The zero-order valence-electron chi connectivity index (χ0n) is 18.2. The van der Waals surface area contributed by atoms with Crippen molar-refractivity contribution in [2.45, 2.75) is 39.7 Å². The highest BCUT2D eigenvalue weighted by atomic mass is 16.2. The summed E-state index contributed by atoms with van der Waals surface area (Å²) in [5.41, 5.74) is 2.55. The number of hydrogen-bond acceptors (Lipinski definition) is 3. The number of piperidine rings is 1. The van der Waals surface area contributed by atoms with Gasteiger partial charge in [0.1, 0.15) is 6.54 Å². The molecule has 1 N–H and O–H groups in total. The highest BCUT2D eigenvalue weighted by Gasteiger charge is 2.12. The average Bonchev–Trinajstić information content (AvgIpc) is 2.68. The lowest BCUT2D eigenvalue weighted by molar-refractivity contribution is -0.127. The Morgan fingerprint density at radius 2 is 1.75 bits per heavy atom. The first-order chi connectivity index (χ1) is 13.4. The summed E-state index contributed by atoms with van der Waals surface area (Å²) in [5, 5.41) is 3.39. The van der Waals surface area contributed by atoms with Crippen LogP contribution in [0.1, 0.15) is 38.7 Å². The standard InChI is InChI=1S/C22H37N5O/c1-18(2)15-23-22(24-16-21(28)25(3)4)26(5)17-19-9-11-20(12-10-19)27-13-7-6-8-14-27/h9-12,18H,6-8,13-17H2,1-5H3,(H,23,24). The minimum atomic E-state index is 0.00290. The van der Waals surface area contributed by atoms with Crippen molar-refractivity contribution in [2.24, 2.45) is 10.9 Å². The van der Waals surface area contributed by atoms with Crippen LogP contribution in [0.3, 0.4) is 0 Å². The van der Waals surface area contributed by atoms with Crippen LogP contribution in [-0.4, -0.2) is 69.0 Å². The van der Waals surface area contributed by atoms with E-state index in [1.54, 1.807) is 19.0 Å². The maximum absolute atomic E-state index is 11.9. The smallest absolute Gasteiger partial charge is 0.243 e. The van der Waals surface area contributed by atoms with Crippen molar-refractivity contribution < 1.29 is 4.79 Å². The third kappa shape index (κ3) is 7.06. The fourth-order valence-corrected chi connectivity index (χ4v) is 3.20. The van der Waals surface area contributed by atoms with Crippen molar-refractivity contribution in [3.05, 3.63) is 29.8 Å². The average molecular weight is 388 g/mol. The quantitative estimate of drug-likeness (QED) is 0.577. The van der Waals surface area contributed by atoms with Crippen LogP contribution in [0.25, 0.3) is 0 Å². The number of guanidine groups is 1. The van der Waals surface area contributed by atoms with Gasteiger partial charge in [0, 0.05) is 53.0 Å².